The number of carbonyl (C=O) groups excluding carboxylic acids is 2. The van der Waals surface area contributed by atoms with E-state index in [1.165, 1.54) is 28.3 Å². The standard InChI is InChI=1S/C22H15BrN2O3S2/c1-13-7-9-16(10-8-13)30-21-18(23)12-15(28-21)11-17-19(26)24-22(29)25(20(17)27)14-5-3-2-4-6-14/h2-12H,1H3,(H,24,26,29)/b17-11+. The summed E-state index contributed by atoms with van der Waals surface area (Å²) in [5.41, 5.74) is 1.70. The van der Waals surface area contributed by atoms with Crippen molar-refractivity contribution in [2.45, 2.75) is 16.9 Å². The molecule has 1 saturated heterocycles. The van der Waals surface area contributed by atoms with E-state index in [4.69, 9.17) is 16.6 Å². The maximum atomic E-state index is 13.0. The average Bonchev–Trinajstić information content (AvgIpc) is 3.06. The van der Waals surface area contributed by atoms with Gasteiger partial charge >= 0.3 is 0 Å². The van der Waals surface area contributed by atoms with Gasteiger partial charge in [-0.2, -0.15) is 0 Å². The molecule has 1 aliphatic rings. The topological polar surface area (TPSA) is 62.6 Å². The van der Waals surface area contributed by atoms with E-state index in [1.54, 1.807) is 30.3 Å². The number of aryl methyl sites for hydroxylation is 1. The zero-order valence-electron chi connectivity index (χ0n) is 15.7. The number of halogens is 1. The van der Waals surface area contributed by atoms with E-state index in [9.17, 15) is 9.59 Å². The Morgan fingerprint density at radius 2 is 1.80 bits per heavy atom. The third-order valence-corrected chi connectivity index (χ3v) is 6.44. The second kappa shape index (κ2) is 8.59. The molecule has 1 aromatic heterocycles. The third kappa shape index (κ3) is 4.26. The summed E-state index contributed by atoms with van der Waals surface area (Å²) in [5.74, 6) is -0.677. The van der Waals surface area contributed by atoms with E-state index >= 15 is 0 Å². The lowest BCUT2D eigenvalue weighted by molar-refractivity contribution is -0.122. The van der Waals surface area contributed by atoms with Crippen LogP contribution in [0.5, 0.6) is 0 Å². The van der Waals surface area contributed by atoms with Gasteiger partial charge in [0.15, 0.2) is 10.2 Å². The van der Waals surface area contributed by atoms with Gasteiger partial charge in [-0.1, -0.05) is 47.7 Å². The number of nitrogens with one attached hydrogen (secondary N) is 1. The van der Waals surface area contributed by atoms with Gasteiger partial charge in [-0.25, -0.2) is 0 Å². The van der Waals surface area contributed by atoms with Crippen molar-refractivity contribution < 1.29 is 14.0 Å². The highest BCUT2D eigenvalue weighted by Gasteiger charge is 2.34. The Morgan fingerprint density at radius 1 is 1.10 bits per heavy atom. The van der Waals surface area contributed by atoms with Crippen molar-refractivity contribution in [2.24, 2.45) is 0 Å². The predicted molar refractivity (Wildman–Crippen MR) is 124 cm³/mol. The fourth-order valence-corrected chi connectivity index (χ4v) is 4.45. The summed E-state index contributed by atoms with van der Waals surface area (Å²) >= 11 is 10.1. The van der Waals surface area contributed by atoms with Crippen molar-refractivity contribution in [2.75, 3.05) is 4.90 Å². The maximum Gasteiger partial charge on any atom is 0.270 e. The Balaban J connectivity index is 1.63. The normalized spacial score (nSPS) is 15.6. The van der Waals surface area contributed by atoms with Crippen LogP contribution in [0.15, 0.2) is 85.1 Å². The first-order chi connectivity index (χ1) is 14.4. The number of benzene rings is 2. The van der Waals surface area contributed by atoms with Crippen LogP contribution in [0.4, 0.5) is 5.69 Å². The Morgan fingerprint density at radius 3 is 2.50 bits per heavy atom. The summed E-state index contributed by atoms with van der Waals surface area (Å²) < 4.78 is 6.61. The quantitative estimate of drug-likeness (QED) is 0.299. The molecule has 8 heteroatoms. The summed E-state index contributed by atoms with van der Waals surface area (Å²) in [5, 5.41) is 3.24. The molecule has 30 heavy (non-hydrogen) atoms. The van der Waals surface area contributed by atoms with E-state index in [2.05, 4.69) is 21.2 Å². The molecule has 3 aromatic rings. The summed E-state index contributed by atoms with van der Waals surface area (Å²) in [4.78, 5) is 27.8. The van der Waals surface area contributed by atoms with Crippen LogP contribution >= 0.6 is 39.9 Å². The van der Waals surface area contributed by atoms with Gasteiger partial charge in [0, 0.05) is 4.90 Å². The smallest absolute Gasteiger partial charge is 0.270 e. The Labute approximate surface area is 191 Å². The average molecular weight is 499 g/mol. The fraction of sp³-hybridized carbons (Fsp3) is 0.0455. The van der Waals surface area contributed by atoms with E-state index in [0.717, 1.165) is 9.37 Å². The summed E-state index contributed by atoms with van der Waals surface area (Å²) in [6.07, 6.45) is 1.43. The maximum absolute atomic E-state index is 13.0. The third-order valence-electron chi connectivity index (χ3n) is 4.31. The number of anilines is 1. The second-order valence-corrected chi connectivity index (χ2v) is 8.78. The first-order valence-electron chi connectivity index (χ1n) is 8.93. The summed E-state index contributed by atoms with van der Waals surface area (Å²) in [6.45, 7) is 2.03. The van der Waals surface area contributed by atoms with Gasteiger partial charge in [-0.05, 0) is 71.5 Å². The zero-order chi connectivity index (χ0) is 21.3. The first kappa shape index (κ1) is 20.6. The van der Waals surface area contributed by atoms with E-state index in [1.807, 2.05) is 37.3 Å². The molecular formula is C22H15BrN2O3S2. The molecule has 2 aromatic carbocycles. The fourth-order valence-electron chi connectivity index (χ4n) is 2.83. The van der Waals surface area contributed by atoms with Crippen LogP contribution in [0.25, 0.3) is 6.08 Å². The van der Waals surface area contributed by atoms with Crippen molar-refractivity contribution in [3.8, 4) is 0 Å². The predicted octanol–water partition coefficient (Wildman–Crippen LogP) is 5.33. The molecule has 0 unspecified atom stereocenters. The van der Waals surface area contributed by atoms with Crippen LogP contribution in [0, 0.1) is 6.92 Å². The van der Waals surface area contributed by atoms with Gasteiger partial charge in [0.2, 0.25) is 0 Å². The number of thiocarbonyl (C=S) groups is 1. The SMILES string of the molecule is Cc1ccc(Sc2oc(/C=C3\C(=O)NC(=S)N(c4ccccc4)C3=O)cc2Br)cc1. The number of amides is 2. The Hall–Kier alpha value is -2.68. The highest BCUT2D eigenvalue weighted by Crippen LogP contribution is 2.37. The van der Waals surface area contributed by atoms with Crippen LogP contribution in [-0.4, -0.2) is 16.9 Å². The molecule has 0 spiro atoms. The van der Waals surface area contributed by atoms with E-state index < -0.39 is 11.8 Å². The lowest BCUT2D eigenvalue weighted by atomic mass is 10.1. The minimum absolute atomic E-state index is 0.0459. The molecule has 1 N–H and O–H groups in total. The zero-order valence-corrected chi connectivity index (χ0v) is 18.9. The van der Waals surface area contributed by atoms with E-state index in [-0.39, 0.29) is 10.7 Å². The van der Waals surface area contributed by atoms with Crippen molar-refractivity contribution in [1.29, 1.82) is 0 Å². The number of nitrogens with zero attached hydrogens (tertiary/aromatic N) is 1. The van der Waals surface area contributed by atoms with Crippen LogP contribution in [-0.2, 0) is 9.59 Å². The lowest BCUT2D eigenvalue weighted by Crippen LogP contribution is -2.54. The van der Waals surface area contributed by atoms with Crippen molar-refractivity contribution >= 4 is 68.6 Å². The monoisotopic (exact) mass is 498 g/mol. The molecule has 2 amide bonds. The highest BCUT2D eigenvalue weighted by molar-refractivity contribution is 9.10. The highest BCUT2D eigenvalue weighted by atomic mass is 79.9. The van der Waals surface area contributed by atoms with Gasteiger partial charge in [0.1, 0.15) is 11.3 Å². The van der Waals surface area contributed by atoms with Crippen LogP contribution in [0.1, 0.15) is 11.3 Å². The number of para-hydroxylation sites is 1. The molecule has 1 fully saturated rings. The molecule has 150 valence electrons. The minimum atomic E-state index is -0.558. The molecule has 2 heterocycles. The minimum Gasteiger partial charge on any atom is -0.449 e. The van der Waals surface area contributed by atoms with Gasteiger partial charge in [0.25, 0.3) is 11.8 Å². The van der Waals surface area contributed by atoms with Gasteiger partial charge in [-0.3, -0.25) is 19.8 Å². The van der Waals surface area contributed by atoms with Crippen LogP contribution in [0.2, 0.25) is 0 Å². The number of rotatable bonds is 4. The molecule has 5 nitrogen and oxygen atoms in total. The van der Waals surface area contributed by atoms with Crippen LogP contribution < -0.4 is 10.2 Å². The van der Waals surface area contributed by atoms with Gasteiger partial charge in [0.05, 0.1) is 10.2 Å². The van der Waals surface area contributed by atoms with E-state index in [0.29, 0.717) is 16.5 Å². The number of hydrogen-bond donors (Lipinski definition) is 1. The largest absolute Gasteiger partial charge is 0.449 e. The lowest BCUT2D eigenvalue weighted by Gasteiger charge is -2.28. The summed E-state index contributed by atoms with van der Waals surface area (Å²) in [6, 6.07) is 18.7. The Bertz CT molecular complexity index is 1170. The second-order valence-electron chi connectivity index (χ2n) is 6.49. The molecule has 0 saturated carbocycles. The van der Waals surface area contributed by atoms with Crippen molar-refractivity contribution in [3.63, 3.8) is 0 Å². The molecule has 0 atom stereocenters. The number of carbonyl (C=O) groups is 2. The first-order valence-corrected chi connectivity index (χ1v) is 10.9. The molecular weight excluding hydrogens is 484 g/mol. The molecule has 1 aliphatic heterocycles. The number of hydrogen-bond acceptors (Lipinski definition) is 5. The molecule has 4 rings (SSSR count). The van der Waals surface area contributed by atoms with Crippen LogP contribution in [0.3, 0.4) is 0 Å². The van der Waals surface area contributed by atoms with Gasteiger partial charge in [-0.15, -0.1) is 0 Å². The Kier molecular flexibility index (Phi) is 5.90. The molecule has 0 bridgehead atoms. The number of furan rings is 1. The molecule has 0 aliphatic carbocycles. The molecule has 0 radical (unpaired) electrons. The van der Waals surface area contributed by atoms with Crippen molar-refractivity contribution in [3.05, 3.63) is 82.0 Å². The van der Waals surface area contributed by atoms with Gasteiger partial charge < -0.3 is 4.42 Å². The summed E-state index contributed by atoms with van der Waals surface area (Å²) in [7, 11) is 0. The van der Waals surface area contributed by atoms with Crippen molar-refractivity contribution in [1.82, 2.24) is 5.32 Å².